The van der Waals surface area contributed by atoms with Crippen LogP contribution in [-0.4, -0.2) is 93.8 Å². The fourth-order valence-corrected chi connectivity index (χ4v) is 9.11. The summed E-state index contributed by atoms with van der Waals surface area (Å²) in [5, 5.41) is 10.7. The number of anilines is 1. The molecule has 0 saturated carbocycles. The summed E-state index contributed by atoms with van der Waals surface area (Å²) in [6.07, 6.45) is 2.96. The van der Waals surface area contributed by atoms with Crippen molar-refractivity contribution >= 4 is 47.1 Å². The van der Waals surface area contributed by atoms with E-state index < -0.39 is 17.9 Å². The number of primary amides is 1. The standard InChI is InChI=1S/C41H43N7O7S/c42-38(51)36-37(26-9-11-28(12-10-26)55-27-5-2-1-3-6-27)45-48-31(15-18-43-39(36)48)25-16-19-46(20-17-25)35(50)24-54-21-22-56-33-8-4-7-29-30(33)23-47(41(29)53)32-13-14-34(49)44-40(32)52/h1-12,25,31-32,43H,13-24H2,(H2,42,51)(H,44,49,52). The first-order valence-corrected chi connectivity index (χ1v) is 20.0. The van der Waals surface area contributed by atoms with Crippen molar-refractivity contribution in [3.63, 3.8) is 0 Å². The van der Waals surface area contributed by atoms with E-state index in [9.17, 15) is 24.0 Å². The molecule has 1 aromatic heterocycles. The van der Waals surface area contributed by atoms with Crippen molar-refractivity contribution < 1.29 is 33.4 Å². The predicted octanol–water partition coefficient (Wildman–Crippen LogP) is 4.61. The zero-order chi connectivity index (χ0) is 38.8. The highest BCUT2D eigenvalue weighted by atomic mass is 32.2. The number of hydrogen-bond donors (Lipinski definition) is 3. The lowest BCUT2D eigenvalue weighted by molar-refractivity contribution is -0.138. The normalized spacial score (nSPS) is 19.6. The third kappa shape index (κ3) is 7.60. The first-order chi connectivity index (χ1) is 27.2. The van der Waals surface area contributed by atoms with Crippen LogP contribution < -0.4 is 21.1 Å². The van der Waals surface area contributed by atoms with Crippen LogP contribution in [0, 0.1) is 5.92 Å². The number of carbonyl (C=O) groups is 5. The average Bonchev–Trinajstić information content (AvgIpc) is 3.77. The highest BCUT2D eigenvalue weighted by molar-refractivity contribution is 7.99. The van der Waals surface area contributed by atoms with Crippen molar-refractivity contribution in [1.29, 1.82) is 0 Å². The van der Waals surface area contributed by atoms with Crippen molar-refractivity contribution in [2.24, 2.45) is 11.7 Å². The van der Waals surface area contributed by atoms with Crippen LogP contribution in [0.4, 0.5) is 5.82 Å². The van der Waals surface area contributed by atoms with Crippen molar-refractivity contribution in [1.82, 2.24) is 24.9 Å². The van der Waals surface area contributed by atoms with E-state index in [1.807, 2.05) is 76.3 Å². The Labute approximate surface area is 328 Å². The molecule has 0 radical (unpaired) electrons. The monoisotopic (exact) mass is 777 g/mol. The molecule has 290 valence electrons. The Morgan fingerprint density at radius 2 is 1.68 bits per heavy atom. The molecule has 15 heteroatoms. The minimum Gasteiger partial charge on any atom is -0.457 e. The van der Waals surface area contributed by atoms with Gasteiger partial charge in [0.05, 0.1) is 12.6 Å². The molecular formula is C41H43N7O7S. The smallest absolute Gasteiger partial charge is 0.255 e. The number of aromatic nitrogens is 2. The lowest BCUT2D eigenvalue weighted by atomic mass is 9.87. The van der Waals surface area contributed by atoms with Crippen molar-refractivity contribution in [2.75, 3.05) is 43.9 Å². The first kappa shape index (κ1) is 37.3. The molecule has 56 heavy (non-hydrogen) atoms. The molecule has 14 nitrogen and oxygen atoms in total. The second kappa shape index (κ2) is 16.2. The van der Waals surface area contributed by atoms with Crippen LogP contribution in [0.3, 0.4) is 0 Å². The van der Waals surface area contributed by atoms with Gasteiger partial charge in [0.1, 0.15) is 41.2 Å². The van der Waals surface area contributed by atoms with E-state index in [2.05, 4.69) is 10.6 Å². The molecule has 0 bridgehead atoms. The van der Waals surface area contributed by atoms with Gasteiger partial charge >= 0.3 is 0 Å². The van der Waals surface area contributed by atoms with E-state index in [0.717, 1.165) is 41.0 Å². The molecule has 5 amide bonds. The zero-order valence-corrected chi connectivity index (χ0v) is 31.6. The number of amides is 5. The number of thioether (sulfide) groups is 1. The molecular weight excluding hydrogens is 735 g/mol. The molecule has 5 heterocycles. The quantitative estimate of drug-likeness (QED) is 0.105. The third-order valence-electron chi connectivity index (χ3n) is 11.0. The van der Waals surface area contributed by atoms with Gasteiger partial charge in [-0.3, -0.25) is 29.3 Å². The molecule has 4 N–H and O–H groups in total. The third-order valence-corrected chi connectivity index (χ3v) is 12.1. The van der Waals surface area contributed by atoms with E-state index in [1.54, 1.807) is 22.7 Å². The minimum atomic E-state index is -0.661. The molecule has 2 fully saturated rings. The molecule has 2 atom stereocenters. The highest BCUT2D eigenvalue weighted by Crippen LogP contribution is 2.40. The average molecular weight is 778 g/mol. The van der Waals surface area contributed by atoms with E-state index in [1.165, 1.54) is 0 Å². The van der Waals surface area contributed by atoms with Crippen molar-refractivity contribution in [3.05, 3.63) is 89.5 Å². The SMILES string of the molecule is NC(=O)c1c(-c2ccc(Oc3ccccc3)cc2)nn2c1NCCC2C1CCN(C(=O)COCCSc2cccc3c2CN(C2CCC(=O)NC2=O)C3=O)CC1. The van der Waals surface area contributed by atoms with Gasteiger partial charge in [0.2, 0.25) is 17.7 Å². The van der Waals surface area contributed by atoms with Gasteiger partial charge in [0.15, 0.2) is 0 Å². The van der Waals surface area contributed by atoms with Gasteiger partial charge in [-0.2, -0.15) is 5.10 Å². The number of nitrogens with two attached hydrogens (primary N) is 1. The lowest BCUT2D eigenvalue weighted by Crippen LogP contribution is -2.52. The number of para-hydroxylation sites is 1. The van der Waals surface area contributed by atoms with Gasteiger partial charge in [-0.15, -0.1) is 11.8 Å². The number of hydrogen-bond acceptors (Lipinski definition) is 10. The maximum absolute atomic E-state index is 13.2. The second-order valence-corrected chi connectivity index (χ2v) is 15.5. The Balaban J connectivity index is 0.826. The van der Waals surface area contributed by atoms with E-state index in [-0.39, 0.29) is 42.7 Å². The number of imide groups is 1. The fraction of sp³-hybridized carbons (Fsp3) is 0.366. The Bertz CT molecular complexity index is 2150. The highest BCUT2D eigenvalue weighted by Gasteiger charge is 2.40. The summed E-state index contributed by atoms with van der Waals surface area (Å²) in [5.41, 5.74) is 9.03. The fourth-order valence-electron chi connectivity index (χ4n) is 8.17. The number of carbonyl (C=O) groups excluding carboxylic acids is 5. The Morgan fingerprint density at radius 1 is 0.911 bits per heavy atom. The maximum atomic E-state index is 13.2. The van der Waals surface area contributed by atoms with Gasteiger partial charge in [0.25, 0.3) is 11.8 Å². The molecule has 3 aromatic carbocycles. The number of rotatable bonds is 12. The van der Waals surface area contributed by atoms with Crippen molar-refractivity contribution in [3.8, 4) is 22.8 Å². The maximum Gasteiger partial charge on any atom is 0.255 e. The van der Waals surface area contributed by atoms with Crippen LogP contribution in [0.5, 0.6) is 11.5 Å². The molecule has 2 unspecified atom stereocenters. The molecule has 4 aliphatic heterocycles. The van der Waals surface area contributed by atoms with Crippen LogP contribution in [0.25, 0.3) is 11.3 Å². The molecule has 0 aliphatic carbocycles. The number of benzene rings is 3. The minimum absolute atomic E-state index is 0.0168. The van der Waals surface area contributed by atoms with Gasteiger partial charge in [-0.25, -0.2) is 4.68 Å². The second-order valence-electron chi connectivity index (χ2n) is 14.4. The molecule has 4 aliphatic rings. The predicted molar refractivity (Wildman–Crippen MR) is 208 cm³/mol. The van der Waals surface area contributed by atoms with Gasteiger partial charge in [0, 0.05) is 54.4 Å². The number of piperidine rings is 2. The summed E-state index contributed by atoms with van der Waals surface area (Å²) in [6.45, 7) is 2.54. The number of nitrogens with one attached hydrogen (secondary N) is 2. The Morgan fingerprint density at radius 3 is 2.43 bits per heavy atom. The number of nitrogens with zero attached hydrogens (tertiary/aromatic N) is 4. The van der Waals surface area contributed by atoms with Gasteiger partial charge in [-0.05, 0) is 85.7 Å². The number of fused-ring (bicyclic) bond motifs is 2. The molecule has 0 spiro atoms. The van der Waals surface area contributed by atoms with E-state index in [0.29, 0.717) is 73.3 Å². The van der Waals surface area contributed by atoms with Crippen molar-refractivity contribution in [2.45, 2.75) is 55.6 Å². The van der Waals surface area contributed by atoms with Crippen LogP contribution in [-0.2, 0) is 25.7 Å². The van der Waals surface area contributed by atoms with Gasteiger partial charge < -0.3 is 30.3 Å². The van der Waals surface area contributed by atoms with Crippen LogP contribution in [0.15, 0.2) is 77.7 Å². The van der Waals surface area contributed by atoms with Crippen LogP contribution in [0.1, 0.15) is 64.4 Å². The first-order valence-electron chi connectivity index (χ1n) is 19.0. The summed E-state index contributed by atoms with van der Waals surface area (Å²) in [4.78, 5) is 67.5. The summed E-state index contributed by atoms with van der Waals surface area (Å²) in [5.74, 6) is 1.33. The zero-order valence-electron chi connectivity index (χ0n) is 30.8. The summed E-state index contributed by atoms with van der Waals surface area (Å²) >= 11 is 1.55. The Hall–Kier alpha value is -5.67. The molecule has 8 rings (SSSR count). The van der Waals surface area contributed by atoms with E-state index in [4.69, 9.17) is 20.3 Å². The summed E-state index contributed by atoms with van der Waals surface area (Å²) in [6, 6.07) is 21.9. The topological polar surface area (TPSA) is 178 Å². The molecule has 4 aromatic rings. The number of likely N-dealkylation sites (tertiary alicyclic amines) is 1. The molecule has 2 saturated heterocycles. The lowest BCUT2D eigenvalue weighted by Gasteiger charge is -2.38. The summed E-state index contributed by atoms with van der Waals surface area (Å²) in [7, 11) is 0. The van der Waals surface area contributed by atoms with E-state index >= 15 is 0 Å². The number of ether oxygens (including phenoxy) is 2. The summed E-state index contributed by atoms with van der Waals surface area (Å²) < 4.78 is 13.7. The Kier molecular flexibility index (Phi) is 10.8. The largest absolute Gasteiger partial charge is 0.457 e. The van der Waals surface area contributed by atoms with Crippen LogP contribution in [0.2, 0.25) is 0 Å². The van der Waals surface area contributed by atoms with Gasteiger partial charge in [-0.1, -0.05) is 24.3 Å². The van der Waals surface area contributed by atoms with Crippen LogP contribution >= 0.6 is 11.8 Å².